The largest absolute Gasteiger partial charge is 0.453 e. The van der Waals surface area contributed by atoms with Crippen LogP contribution in [0.2, 0.25) is 0 Å². The molecule has 5 nitrogen and oxygen atoms in total. The normalized spacial score (nSPS) is 11.4. The molecule has 1 N–H and O–H groups in total. The number of furan rings is 1. The number of halogens is 1. The van der Waals surface area contributed by atoms with E-state index in [1.54, 1.807) is 6.20 Å². The second kappa shape index (κ2) is 6.67. The van der Waals surface area contributed by atoms with Crippen molar-refractivity contribution in [1.29, 1.82) is 0 Å². The molecule has 0 amide bonds. The first-order valence-electron chi connectivity index (χ1n) is 7.73. The van der Waals surface area contributed by atoms with E-state index in [4.69, 9.17) is 4.42 Å². The zero-order valence-corrected chi connectivity index (χ0v) is 14.5. The van der Waals surface area contributed by atoms with Crippen molar-refractivity contribution in [2.45, 2.75) is 13.0 Å². The van der Waals surface area contributed by atoms with E-state index in [2.05, 4.69) is 36.2 Å². The quantitative estimate of drug-likeness (QED) is 0.530. The molecule has 120 valence electrons. The third-order valence-corrected chi connectivity index (χ3v) is 4.34. The van der Waals surface area contributed by atoms with Crippen LogP contribution in [0.4, 0.5) is 0 Å². The Morgan fingerprint density at radius 1 is 1.08 bits per heavy atom. The monoisotopic (exact) mass is 382 g/mol. The van der Waals surface area contributed by atoms with Gasteiger partial charge in [0.05, 0.1) is 12.7 Å². The van der Waals surface area contributed by atoms with Crippen molar-refractivity contribution in [3.8, 4) is 0 Å². The second-order valence-electron chi connectivity index (χ2n) is 5.52. The van der Waals surface area contributed by atoms with E-state index in [1.807, 2.05) is 42.7 Å². The fourth-order valence-corrected chi connectivity index (χ4v) is 3.00. The molecule has 0 atom stereocenters. The van der Waals surface area contributed by atoms with Crippen molar-refractivity contribution >= 4 is 38.0 Å². The summed E-state index contributed by atoms with van der Waals surface area (Å²) in [4.78, 5) is 13.1. The molecule has 0 spiro atoms. The van der Waals surface area contributed by atoms with Gasteiger partial charge in [0, 0.05) is 22.3 Å². The first-order valence-corrected chi connectivity index (χ1v) is 8.52. The lowest BCUT2D eigenvalue weighted by Crippen LogP contribution is -2.18. The van der Waals surface area contributed by atoms with Gasteiger partial charge in [-0.25, -0.2) is 9.97 Å². The predicted molar refractivity (Wildman–Crippen MR) is 96.7 cm³/mol. The van der Waals surface area contributed by atoms with Crippen LogP contribution in [0.25, 0.3) is 22.1 Å². The van der Waals surface area contributed by atoms with E-state index in [1.165, 1.54) is 5.56 Å². The molecule has 24 heavy (non-hydrogen) atoms. The van der Waals surface area contributed by atoms with Crippen LogP contribution in [0.5, 0.6) is 0 Å². The van der Waals surface area contributed by atoms with Gasteiger partial charge in [0.2, 0.25) is 0 Å². The first kappa shape index (κ1) is 15.2. The number of nitrogens with one attached hydrogen (secondary N) is 1. The maximum atomic E-state index is 5.77. The van der Waals surface area contributed by atoms with Crippen LogP contribution in [0.1, 0.15) is 11.4 Å². The van der Waals surface area contributed by atoms with Crippen molar-refractivity contribution in [2.24, 2.45) is 0 Å². The van der Waals surface area contributed by atoms with E-state index >= 15 is 0 Å². The SMILES string of the molecule is Brc1ccc2oc3cnc(CNCCc4ccncc4)nc3c2c1. The topological polar surface area (TPSA) is 63.8 Å². The summed E-state index contributed by atoms with van der Waals surface area (Å²) in [6, 6.07) is 9.97. The summed E-state index contributed by atoms with van der Waals surface area (Å²) < 4.78 is 6.78. The van der Waals surface area contributed by atoms with E-state index in [0.29, 0.717) is 12.1 Å². The lowest BCUT2D eigenvalue weighted by Gasteiger charge is -2.04. The Hall–Kier alpha value is -2.31. The van der Waals surface area contributed by atoms with Gasteiger partial charge in [-0.3, -0.25) is 4.98 Å². The molecule has 0 aliphatic rings. The Bertz CT molecular complexity index is 984. The van der Waals surface area contributed by atoms with E-state index in [0.717, 1.165) is 39.7 Å². The Morgan fingerprint density at radius 3 is 2.83 bits per heavy atom. The summed E-state index contributed by atoms with van der Waals surface area (Å²) in [6.07, 6.45) is 6.32. The smallest absolute Gasteiger partial charge is 0.172 e. The van der Waals surface area contributed by atoms with Gasteiger partial charge in [0.1, 0.15) is 16.9 Å². The summed E-state index contributed by atoms with van der Waals surface area (Å²) in [5.74, 6) is 0.764. The van der Waals surface area contributed by atoms with Crippen molar-refractivity contribution in [2.75, 3.05) is 6.54 Å². The molecule has 3 heterocycles. The van der Waals surface area contributed by atoms with E-state index in [9.17, 15) is 0 Å². The van der Waals surface area contributed by atoms with E-state index in [-0.39, 0.29) is 0 Å². The molecule has 6 heteroatoms. The molecule has 4 rings (SSSR count). The molecular weight excluding hydrogens is 368 g/mol. The molecule has 0 fully saturated rings. The molecule has 3 aromatic heterocycles. The number of rotatable bonds is 5. The number of hydrogen-bond donors (Lipinski definition) is 1. The highest BCUT2D eigenvalue weighted by Crippen LogP contribution is 2.29. The molecule has 0 saturated carbocycles. The molecular formula is C18H15BrN4O. The van der Waals surface area contributed by atoms with Crippen LogP contribution in [0, 0.1) is 0 Å². The minimum Gasteiger partial charge on any atom is -0.453 e. The minimum absolute atomic E-state index is 0.627. The fourth-order valence-electron chi connectivity index (χ4n) is 2.64. The molecule has 4 aromatic rings. The zero-order valence-electron chi connectivity index (χ0n) is 12.9. The first-order chi connectivity index (χ1) is 11.8. The van der Waals surface area contributed by atoms with Crippen molar-refractivity contribution in [1.82, 2.24) is 20.3 Å². The highest BCUT2D eigenvalue weighted by atomic mass is 79.9. The molecule has 0 saturated heterocycles. The molecule has 0 aliphatic carbocycles. The van der Waals surface area contributed by atoms with Crippen LogP contribution in [0.15, 0.2) is 57.8 Å². The standard InChI is InChI=1S/C18H15BrN4O/c19-13-1-2-15-14(9-13)18-16(24-15)10-22-17(23-18)11-21-8-5-12-3-6-20-7-4-12/h1-4,6-7,9-10,21H,5,8,11H2. The lowest BCUT2D eigenvalue weighted by atomic mass is 10.2. The number of pyridine rings is 1. The minimum atomic E-state index is 0.627. The van der Waals surface area contributed by atoms with Crippen LogP contribution >= 0.6 is 15.9 Å². The highest BCUT2D eigenvalue weighted by Gasteiger charge is 2.10. The summed E-state index contributed by atoms with van der Waals surface area (Å²) in [5.41, 5.74) is 3.65. The molecule has 0 aliphatic heterocycles. The van der Waals surface area contributed by atoms with Gasteiger partial charge in [-0.15, -0.1) is 0 Å². The fraction of sp³-hybridized carbons (Fsp3) is 0.167. The summed E-state index contributed by atoms with van der Waals surface area (Å²) in [5, 5.41) is 4.38. The number of fused-ring (bicyclic) bond motifs is 3. The number of benzene rings is 1. The van der Waals surface area contributed by atoms with Gasteiger partial charge in [-0.1, -0.05) is 15.9 Å². The molecule has 0 unspecified atom stereocenters. The van der Waals surface area contributed by atoms with Crippen LogP contribution in [0.3, 0.4) is 0 Å². The average molecular weight is 383 g/mol. The molecule has 1 aromatic carbocycles. The zero-order chi connectivity index (χ0) is 16.4. The van der Waals surface area contributed by atoms with Crippen molar-refractivity contribution in [3.05, 3.63) is 64.8 Å². The third kappa shape index (κ3) is 3.16. The maximum Gasteiger partial charge on any atom is 0.172 e. The van der Waals surface area contributed by atoms with Gasteiger partial charge in [-0.2, -0.15) is 0 Å². The summed E-state index contributed by atoms with van der Waals surface area (Å²) in [6.45, 7) is 1.49. The molecule has 0 radical (unpaired) electrons. The van der Waals surface area contributed by atoms with Gasteiger partial charge in [-0.05, 0) is 48.9 Å². The Labute approximate surface area is 147 Å². The Morgan fingerprint density at radius 2 is 1.96 bits per heavy atom. The highest BCUT2D eigenvalue weighted by molar-refractivity contribution is 9.10. The van der Waals surface area contributed by atoms with Crippen LogP contribution in [-0.2, 0) is 13.0 Å². The number of nitrogens with zero attached hydrogens (tertiary/aromatic N) is 3. The van der Waals surface area contributed by atoms with E-state index < -0.39 is 0 Å². The number of hydrogen-bond acceptors (Lipinski definition) is 5. The Balaban J connectivity index is 1.48. The van der Waals surface area contributed by atoms with Crippen molar-refractivity contribution < 1.29 is 4.42 Å². The summed E-state index contributed by atoms with van der Waals surface area (Å²) >= 11 is 3.49. The van der Waals surface area contributed by atoms with Crippen molar-refractivity contribution in [3.63, 3.8) is 0 Å². The van der Waals surface area contributed by atoms with Gasteiger partial charge >= 0.3 is 0 Å². The maximum absolute atomic E-state index is 5.77. The molecule has 0 bridgehead atoms. The van der Waals surface area contributed by atoms with Crippen LogP contribution < -0.4 is 5.32 Å². The van der Waals surface area contributed by atoms with Gasteiger partial charge < -0.3 is 9.73 Å². The van der Waals surface area contributed by atoms with Gasteiger partial charge in [0.25, 0.3) is 0 Å². The van der Waals surface area contributed by atoms with Gasteiger partial charge in [0.15, 0.2) is 5.58 Å². The number of aromatic nitrogens is 3. The average Bonchev–Trinajstić information content (AvgIpc) is 2.97. The summed E-state index contributed by atoms with van der Waals surface area (Å²) in [7, 11) is 0. The second-order valence-corrected chi connectivity index (χ2v) is 6.44. The predicted octanol–water partition coefficient (Wildman–Crippen LogP) is 3.87. The Kier molecular flexibility index (Phi) is 4.23. The lowest BCUT2D eigenvalue weighted by molar-refractivity contribution is 0.649. The van der Waals surface area contributed by atoms with Crippen LogP contribution in [-0.4, -0.2) is 21.5 Å². The third-order valence-electron chi connectivity index (χ3n) is 3.84.